The van der Waals surface area contributed by atoms with Gasteiger partial charge in [-0.1, -0.05) is 0 Å². The molecule has 0 bridgehead atoms. The molecule has 4 heteroatoms. The molecule has 19 heavy (non-hydrogen) atoms. The molecule has 1 aromatic carbocycles. The van der Waals surface area contributed by atoms with Crippen LogP contribution in [0.15, 0.2) is 24.3 Å². The Bertz CT molecular complexity index is 325. The number of rotatable bonds is 10. The van der Waals surface area contributed by atoms with Gasteiger partial charge in [0.2, 0.25) is 0 Å². The van der Waals surface area contributed by atoms with Gasteiger partial charge in [0.15, 0.2) is 0 Å². The fraction of sp³-hybridized carbons (Fsp3) is 0.600. The Hall–Kier alpha value is -1.26. The normalized spacial score (nSPS) is 10.7. The molecular weight excluding hydrogens is 240 g/mol. The molecule has 0 radical (unpaired) electrons. The van der Waals surface area contributed by atoms with Crippen molar-refractivity contribution in [1.82, 2.24) is 10.2 Å². The molecule has 0 aliphatic carbocycles. The summed E-state index contributed by atoms with van der Waals surface area (Å²) in [5, 5.41) is 3.37. The van der Waals surface area contributed by atoms with E-state index in [-0.39, 0.29) is 0 Å². The molecule has 1 aromatic rings. The zero-order valence-electron chi connectivity index (χ0n) is 12.3. The van der Waals surface area contributed by atoms with E-state index in [1.165, 1.54) is 0 Å². The summed E-state index contributed by atoms with van der Waals surface area (Å²) < 4.78 is 11.0. The van der Waals surface area contributed by atoms with Gasteiger partial charge in [-0.2, -0.15) is 0 Å². The van der Waals surface area contributed by atoms with Gasteiger partial charge in [0, 0.05) is 6.54 Å². The fourth-order valence-electron chi connectivity index (χ4n) is 1.69. The van der Waals surface area contributed by atoms with Crippen LogP contribution in [0, 0.1) is 0 Å². The minimum atomic E-state index is 0.690. The highest BCUT2D eigenvalue weighted by atomic mass is 16.5. The first kappa shape index (κ1) is 15.8. The van der Waals surface area contributed by atoms with Crippen molar-refractivity contribution in [3.05, 3.63) is 24.3 Å². The van der Waals surface area contributed by atoms with Crippen LogP contribution >= 0.6 is 0 Å². The van der Waals surface area contributed by atoms with Gasteiger partial charge in [0.25, 0.3) is 0 Å². The highest BCUT2D eigenvalue weighted by Gasteiger charge is 1.96. The number of hydrogen-bond acceptors (Lipinski definition) is 4. The Kier molecular flexibility index (Phi) is 8.02. The Labute approximate surface area is 116 Å². The van der Waals surface area contributed by atoms with Crippen LogP contribution in [0.4, 0.5) is 0 Å². The van der Waals surface area contributed by atoms with Crippen LogP contribution in [0.2, 0.25) is 0 Å². The van der Waals surface area contributed by atoms with Crippen molar-refractivity contribution >= 4 is 0 Å². The lowest BCUT2D eigenvalue weighted by molar-refractivity contribution is 0.309. The van der Waals surface area contributed by atoms with E-state index in [2.05, 4.69) is 24.3 Å². The maximum absolute atomic E-state index is 5.64. The van der Waals surface area contributed by atoms with Crippen LogP contribution in [0.25, 0.3) is 0 Å². The average Bonchev–Trinajstić information content (AvgIpc) is 2.39. The third-order valence-corrected chi connectivity index (χ3v) is 2.64. The second-order valence-electron chi connectivity index (χ2n) is 4.66. The molecular formula is C15H26N2O2. The third-order valence-electron chi connectivity index (χ3n) is 2.64. The van der Waals surface area contributed by atoms with Gasteiger partial charge in [0.05, 0.1) is 6.61 Å². The lowest BCUT2D eigenvalue weighted by Crippen LogP contribution is -2.25. The average molecular weight is 266 g/mol. The minimum Gasteiger partial charge on any atom is -0.494 e. The number of benzene rings is 1. The molecule has 0 amide bonds. The first-order valence-corrected chi connectivity index (χ1v) is 6.93. The summed E-state index contributed by atoms with van der Waals surface area (Å²) >= 11 is 0. The Morgan fingerprint density at radius 2 is 1.63 bits per heavy atom. The second-order valence-corrected chi connectivity index (χ2v) is 4.66. The second kappa shape index (κ2) is 9.64. The summed E-state index contributed by atoms with van der Waals surface area (Å²) in [7, 11) is 4.18. The summed E-state index contributed by atoms with van der Waals surface area (Å²) in [4.78, 5) is 2.19. The largest absolute Gasteiger partial charge is 0.494 e. The van der Waals surface area contributed by atoms with Crippen molar-refractivity contribution < 1.29 is 9.47 Å². The molecule has 0 saturated heterocycles. The van der Waals surface area contributed by atoms with E-state index in [1.54, 1.807) is 0 Å². The van der Waals surface area contributed by atoms with Crippen molar-refractivity contribution in [1.29, 1.82) is 0 Å². The predicted octanol–water partition coefficient (Wildman–Crippen LogP) is 2.01. The molecule has 0 aromatic heterocycles. The van der Waals surface area contributed by atoms with Gasteiger partial charge in [-0.15, -0.1) is 0 Å². The van der Waals surface area contributed by atoms with Crippen LogP contribution in [0.5, 0.6) is 11.5 Å². The van der Waals surface area contributed by atoms with Gasteiger partial charge >= 0.3 is 0 Å². The lowest BCUT2D eigenvalue weighted by atomic mass is 10.3. The Morgan fingerprint density at radius 3 is 2.21 bits per heavy atom. The maximum atomic E-state index is 5.64. The molecule has 1 rings (SSSR count). The molecule has 0 fully saturated rings. The summed E-state index contributed by atoms with van der Waals surface area (Å²) in [5.41, 5.74) is 0. The van der Waals surface area contributed by atoms with E-state index in [1.807, 2.05) is 31.2 Å². The van der Waals surface area contributed by atoms with Gasteiger partial charge in [-0.3, -0.25) is 0 Å². The quantitative estimate of drug-likeness (QED) is 0.657. The zero-order chi connectivity index (χ0) is 13.9. The predicted molar refractivity (Wildman–Crippen MR) is 79.1 cm³/mol. The van der Waals surface area contributed by atoms with Crippen LogP contribution in [-0.2, 0) is 0 Å². The van der Waals surface area contributed by atoms with E-state index in [4.69, 9.17) is 9.47 Å². The van der Waals surface area contributed by atoms with Crippen LogP contribution < -0.4 is 14.8 Å². The molecule has 0 saturated carbocycles. The number of nitrogens with one attached hydrogen (secondary N) is 1. The smallest absolute Gasteiger partial charge is 0.119 e. The van der Waals surface area contributed by atoms with Gasteiger partial charge in [-0.05, 0) is 64.8 Å². The van der Waals surface area contributed by atoms with Crippen molar-refractivity contribution in [2.75, 3.05) is 46.9 Å². The number of nitrogens with zero attached hydrogens (tertiary/aromatic N) is 1. The third kappa shape index (κ3) is 7.70. The van der Waals surface area contributed by atoms with E-state index in [0.717, 1.165) is 37.6 Å². The molecule has 4 nitrogen and oxygen atoms in total. The van der Waals surface area contributed by atoms with Gasteiger partial charge in [0.1, 0.15) is 18.1 Å². The monoisotopic (exact) mass is 266 g/mol. The number of ether oxygens (including phenoxy) is 2. The van der Waals surface area contributed by atoms with E-state index in [9.17, 15) is 0 Å². The molecule has 0 spiro atoms. The topological polar surface area (TPSA) is 33.7 Å². The van der Waals surface area contributed by atoms with Gasteiger partial charge in [-0.25, -0.2) is 0 Å². The summed E-state index contributed by atoms with van der Waals surface area (Å²) in [6, 6.07) is 7.75. The lowest BCUT2D eigenvalue weighted by Gasteiger charge is -2.10. The van der Waals surface area contributed by atoms with Crippen LogP contribution in [0.3, 0.4) is 0 Å². The van der Waals surface area contributed by atoms with Crippen molar-refractivity contribution in [2.45, 2.75) is 13.3 Å². The van der Waals surface area contributed by atoms with Gasteiger partial charge < -0.3 is 19.7 Å². The SMILES string of the molecule is CCOc1ccc(OCCNCCCN(C)C)cc1. The Morgan fingerprint density at radius 1 is 1.00 bits per heavy atom. The van der Waals surface area contributed by atoms with Crippen LogP contribution in [-0.4, -0.2) is 51.8 Å². The highest BCUT2D eigenvalue weighted by molar-refractivity contribution is 5.31. The molecule has 0 heterocycles. The van der Waals surface area contributed by atoms with E-state index >= 15 is 0 Å². The van der Waals surface area contributed by atoms with Crippen molar-refractivity contribution in [3.63, 3.8) is 0 Å². The standard InChI is InChI=1S/C15H26N2O2/c1-4-18-14-6-8-15(9-7-14)19-13-11-16-10-5-12-17(2)3/h6-9,16H,4-5,10-13H2,1-3H3. The summed E-state index contributed by atoms with van der Waals surface area (Å²) in [5.74, 6) is 1.77. The summed E-state index contributed by atoms with van der Waals surface area (Å²) in [6.07, 6.45) is 1.16. The van der Waals surface area contributed by atoms with Crippen LogP contribution in [0.1, 0.15) is 13.3 Å². The first-order valence-electron chi connectivity index (χ1n) is 6.93. The van der Waals surface area contributed by atoms with E-state index < -0.39 is 0 Å². The first-order chi connectivity index (χ1) is 9.22. The molecule has 0 aliphatic heterocycles. The van der Waals surface area contributed by atoms with Crippen molar-refractivity contribution in [2.24, 2.45) is 0 Å². The maximum Gasteiger partial charge on any atom is 0.119 e. The van der Waals surface area contributed by atoms with E-state index in [0.29, 0.717) is 13.2 Å². The molecule has 0 aliphatic rings. The van der Waals surface area contributed by atoms with Crippen molar-refractivity contribution in [3.8, 4) is 11.5 Å². The fourth-order valence-corrected chi connectivity index (χ4v) is 1.69. The zero-order valence-corrected chi connectivity index (χ0v) is 12.3. The highest BCUT2D eigenvalue weighted by Crippen LogP contribution is 2.17. The molecule has 1 N–H and O–H groups in total. The molecule has 0 atom stereocenters. The minimum absolute atomic E-state index is 0.690. The molecule has 0 unspecified atom stereocenters. The number of hydrogen-bond donors (Lipinski definition) is 1. The molecule has 108 valence electrons. The summed E-state index contributed by atoms with van der Waals surface area (Å²) in [6.45, 7) is 6.39. The Balaban J connectivity index is 2.05.